The molecular weight excluding hydrogens is 408 g/mol. The van der Waals surface area contributed by atoms with Crippen LogP contribution in [0.2, 0.25) is 0 Å². The van der Waals surface area contributed by atoms with Gasteiger partial charge in [-0.1, -0.05) is 25.3 Å². The van der Waals surface area contributed by atoms with Gasteiger partial charge in [0, 0.05) is 18.2 Å². The van der Waals surface area contributed by atoms with Gasteiger partial charge in [0.2, 0.25) is 0 Å². The number of benzene rings is 2. The summed E-state index contributed by atoms with van der Waals surface area (Å²) in [6.45, 7) is 2.76. The Kier molecular flexibility index (Phi) is 8.36. The number of amides is 2. The summed E-state index contributed by atoms with van der Waals surface area (Å²) in [5.74, 6) is 1.15. The maximum Gasteiger partial charge on any atom is 0.255 e. The lowest BCUT2D eigenvalue weighted by molar-refractivity contribution is -0.119. The standard InChI is InChI=1S/C25H32N2O5/c1-3-31-21-12-10-19(11-13-21)25(29)27(20-7-5-4-6-8-20)16-18-9-14-22(23(15-18)30-2)32-17-24(26)28/h9-15,20H,3-8,16-17H2,1-2H3,(H2,26,28). The molecule has 1 fully saturated rings. The molecule has 3 rings (SSSR count). The zero-order valence-electron chi connectivity index (χ0n) is 18.8. The van der Waals surface area contributed by atoms with E-state index in [1.807, 2.05) is 48.2 Å². The van der Waals surface area contributed by atoms with Gasteiger partial charge in [0.1, 0.15) is 5.75 Å². The molecule has 2 aromatic carbocycles. The number of nitrogens with zero attached hydrogens (tertiary/aromatic N) is 1. The molecule has 0 bridgehead atoms. The Labute approximate surface area is 189 Å². The number of primary amides is 1. The first-order valence-corrected chi connectivity index (χ1v) is 11.1. The van der Waals surface area contributed by atoms with Crippen LogP contribution in [-0.2, 0) is 11.3 Å². The highest BCUT2D eigenvalue weighted by atomic mass is 16.5. The lowest BCUT2D eigenvalue weighted by Gasteiger charge is -2.35. The number of rotatable bonds is 10. The molecule has 1 saturated carbocycles. The van der Waals surface area contributed by atoms with Crippen LogP contribution in [0.15, 0.2) is 42.5 Å². The second-order valence-corrected chi connectivity index (χ2v) is 7.92. The van der Waals surface area contributed by atoms with Crippen LogP contribution in [0.5, 0.6) is 17.2 Å². The van der Waals surface area contributed by atoms with E-state index in [0.717, 1.165) is 37.0 Å². The van der Waals surface area contributed by atoms with Gasteiger partial charge in [0.15, 0.2) is 18.1 Å². The van der Waals surface area contributed by atoms with Crippen molar-refractivity contribution in [3.05, 3.63) is 53.6 Å². The number of hydrogen-bond donors (Lipinski definition) is 1. The Hall–Kier alpha value is -3.22. The van der Waals surface area contributed by atoms with Gasteiger partial charge < -0.3 is 24.8 Å². The Morgan fingerprint density at radius 3 is 2.34 bits per heavy atom. The minimum atomic E-state index is -0.555. The Balaban J connectivity index is 1.82. The average molecular weight is 441 g/mol. The number of hydrogen-bond acceptors (Lipinski definition) is 5. The van der Waals surface area contributed by atoms with Crippen LogP contribution in [0.3, 0.4) is 0 Å². The molecule has 1 aliphatic rings. The normalized spacial score (nSPS) is 13.9. The minimum Gasteiger partial charge on any atom is -0.494 e. The molecule has 0 saturated heterocycles. The lowest BCUT2D eigenvalue weighted by atomic mass is 9.93. The van der Waals surface area contributed by atoms with Gasteiger partial charge in [0.25, 0.3) is 11.8 Å². The summed E-state index contributed by atoms with van der Waals surface area (Å²) in [7, 11) is 1.54. The van der Waals surface area contributed by atoms with Gasteiger partial charge in [-0.15, -0.1) is 0 Å². The molecule has 7 heteroatoms. The number of methoxy groups -OCH3 is 1. The summed E-state index contributed by atoms with van der Waals surface area (Å²) in [6.07, 6.45) is 5.46. The van der Waals surface area contributed by atoms with Crippen molar-refractivity contribution in [3.8, 4) is 17.2 Å². The molecule has 0 heterocycles. The maximum absolute atomic E-state index is 13.5. The molecule has 32 heavy (non-hydrogen) atoms. The van der Waals surface area contributed by atoms with Crippen molar-refractivity contribution in [1.29, 1.82) is 0 Å². The average Bonchev–Trinajstić information content (AvgIpc) is 2.82. The molecule has 1 aliphatic carbocycles. The molecule has 2 amide bonds. The number of ether oxygens (including phenoxy) is 3. The van der Waals surface area contributed by atoms with Crippen LogP contribution in [0.1, 0.15) is 54.9 Å². The third kappa shape index (κ3) is 6.15. The second-order valence-electron chi connectivity index (χ2n) is 7.92. The van der Waals surface area contributed by atoms with Crippen LogP contribution < -0.4 is 19.9 Å². The number of nitrogens with two attached hydrogens (primary N) is 1. The van der Waals surface area contributed by atoms with Crippen LogP contribution in [0, 0.1) is 0 Å². The Morgan fingerprint density at radius 1 is 1.00 bits per heavy atom. The quantitative estimate of drug-likeness (QED) is 0.604. The topological polar surface area (TPSA) is 91.1 Å². The SMILES string of the molecule is CCOc1ccc(C(=O)N(Cc2ccc(OCC(N)=O)c(OC)c2)C2CCCCC2)cc1. The summed E-state index contributed by atoms with van der Waals surface area (Å²) < 4.78 is 16.4. The molecule has 0 radical (unpaired) electrons. The highest BCUT2D eigenvalue weighted by Crippen LogP contribution is 2.31. The summed E-state index contributed by atoms with van der Waals surface area (Å²) in [6, 6.07) is 13.0. The van der Waals surface area contributed by atoms with Gasteiger partial charge in [-0.3, -0.25) is 9.59 Å². The zero-order valence-corrected chi connectivity index (χ0v) is 18.8. The summed E-state index contributed by atoms with van der Waals surface area (Å²) in [4.78, 5) is 26.5. The van der Waals surface area contributed by atoms with Gasteiger partial charge in [-0.2, -0.15) is 0 Å². The van der Waals surface area contributed by atoms with Crippen molar-refractivity contribution in [3.63, 3.8) is 0 Å². The molecule has 2 N–H and O–H groups in total. The van der Waals surface area contributed by atoms with Crippen LogP contribution >= 0.6 is 0 Å². The molecule has 2 aromatic rings. The zero-order chi connectivity index (χ0) is 22.9. The van der Waals surface area contributed by atoms with E-state index in [-0.39, 0.29) is 18.6 Å². The first kappa shape index (κ1) is 23.4. The molecular formula is C25H32N2O5. The minimum absolute atomic E-state index is 0.00738. The summed E-state index contributed by atoms with van der Waals surface area (Å²) in [5, 5.41) is 0. The molecule has 0 aromatic heterocycles. The van der Waals surface area contributed by atoms with E-state index in [9.17, 15) is 9.59 Å². The maximum atomic E-state index is 13.5. The number of carbonyl (C=O) groups excluding carboxylic acids is 2. The van der Waals surface area contributed by atoms with E-state index in [2.05, 4.69) is 0 Å². The van der Waals surface area contributed by atoms with Gasteiger partial charge >= 0.3 is 0 Å². The third-order valence-corrected chi connectivity index (χ3v) is 5.64. The highest BCUT2D eigenvalue weighted by molar-refractivity contribution is 5.94. The fraction of sp³-hybridized carbons (Fsp3) is 0.440. The molecule has 0 unspecified atom stereocenters. The molecule has 0 spiro atoms. The van der Waals surface area contributed by atoms with Crippen molar-refractivity contribution in [2.75, 3.05) is 20.3 Å². The predicted molar refractivity (Wildman–Crippen MR) is 122 cm³/mol. The van der Waals surface area contributed by atoms with E-state index in [1.54, 1.807) is 13.2 Å². The predicted octanol–water partition coefficient (Wildman–Crippen LogP) is 3.93. The first-order valence-electron chi connectivity index (χ1n) is 11.1. The van der Waals surface area contributed by atoms with E-state index >= 15 is 0 Å². The van der Waals surface area contributed by atoms with Crippen LogP contribution in [-0.4, -0.2) is 43.1 Å². The summed E-state index contributed by atoms with van der Waals surface area (Å²) in [5.41, 5.74) is 6.74. The Morgan fingerprint density at radius 2 is 1.72 bits per heavy atom. The van der Waals surface area contributed by atoms with Crippen molar-refractivity contribution >= 4 is 11.8 Å². The highest BCUT2D eigenvalue weighted by Gasteiger charge is 2.27. The Bertz CT molecular complexity index is 907. The summed E-state index contributed by atoms with van der Waals surface area (Å²) >= 11 is 0. The van der Waals surface area contributed by atoms with Gasteiger partial charge in [-0.05, 0) is 61.7 Å². The fourth-order valence-corrected chi connectivity index (χ4v) is 4.06. The van der Waals surface area contributed by atoms with E-state index in [4.69, 9.17) is 19.9 Å². The van der Waals surface area contributed by atoms with E-state index < -0.39 is 5.91 Å². The van der Waals surface area contributed by atoms with E-state index in [0.29, 0.717) is 30.2 Å². The van der Waals surface area contributed by atoms with Crippen LogP contribution in [0.4, 0.5) is 0 Å². The monoisotopic (exact) mass is 440 g/mol. The molecule has 7 nitrogen and oxygen atoms in total. The molecule has 0 aliphatic heterocycles. The third-order valence-electron chi connectivity index (χ3n) is 5.64. The molecule has 0 atom stereocenters. The second kappa shape index (κ2) is 11.4. The lowest BCUT2D eigenvalue weighted by Crippen LogP contribution is -2.41. The van der Waals surface area contributed by atoms with Crippen molar-refractivity contribution in [2.24, 2.45) is 5.73 Å². The van der Waals surface area contributed by atoms with Gasteiger partial charge in [-0.25, -0.2) is 0 Å². The van der Waals surface area contributed by atoms with Crippen molar-refractivity contribution < 1.29 is 23.8 Å². The fourth-order valence-electron chi connectivity index (χ4n) is 4.06. The largest absolute Gasteiger partial charge is 0.494 e. The van der Waals surface area contributed by atoms with Crippen molar-refractivity contribution in [2.45, 2.75) is 51.6 Å². The van der Waals surface area contributed by atoms with Crippen molar-refractivity contribution in [1.82, 2.24) is 4.90 Å². The van der Waals surface area contributed by atoms with Crippen LogP contribution in [0.25, 0.3) is 0 Å². The molecule has 172 valence electrons. The van der Waals surface area contributed by atoms with E-state index in [1.165, 1.54) is 6.42 Å². The number of carbonyl (C=O) groups is 2. The first-order chi connectivity index (χ1) is 15.5. The smallest absolute Gasteiger partial charge is 0.255 e. The van der Waals surface area contributed by atoms with Gasteiger partial charge in [0.05, 0.1) is 13.7 Å².